The molecule has 0 aliphatic rings. The second-order valence-corrected chi connectivity index (χ2v) is 22.9. The predicted octanol–water partition coefficient (Wildman–Crippen LogP) is 3.03. The van der Waals surface area contributed by atoms with Crippen molar-refractivity contribution in [3.63, 3.8) is 0 Å². The van der Waals surface area contributed by atoms with Gasteiger partial charge in [0.05, 0.1) is 57.9 Å². The highest BCUT2D eigenvalue weighted by atomic mass is 32.3. The topological polar surface area (TPSA) is 494 Å². The van der Waals surface area contributed by atoms with Gasteiger partial charge in [-0.3, -0.25) is 22.8 Å². The third kappa shape index (κ3) is 14.2. The lowest BCUT2D eigenvalue weighted by molar-refractivity contribution is 0.282. The Labute approximate surface area is 374 Å². The summed E-state index contributed by atoms with van der Waals surface area (Å²) in [7, 11) is -33.7. The number of sulfone groups is 2. The molecule has 0 atom stereocenters. The molecule has 0 unspecified atom stereocenters. The summed E-state index contributed by atoms with van der Waals surface area (Å²) >= 11 is 0. The molecule has 0 aliphatic carbocycles. The Balaban J connectivity index is 1.93. The van der Waals surface area contributed by atoms with E-state index in [4.69, 9.17) is 25.3 Å². The molecule has 0 aromatic heterocycles. The van der Waals surface area contributed by atoms with E-state index >= 15 is 0 Å². The highest BCUT2D eigenvalue weighted by Gasteiger charge is 2.26. The van der Waals surface area contributed by atoms with Crippen molar-refractivity contribution in [2.75, 3.05) is 43.3 Å². The van der Waals surface area contributed by atoms with Crippen LogP contribution in [0, 0.1) is 0 Å². The first-order valence-corrected chi connectivity index (χ1v) is 27.0. The van der Waals surface area contributed by atoms with Crippen LogP contribution in [-0.2, 0) is 79.2 Å². The Bertz CT molecular complexity index is 3490. The van der Waals surface area contributed by atoms with Crippen LogP contribution in [0.3, 0.4) is 0 Å². The predicted molar refractivity (Wildman–Crippen MR) is 222 cm³/mol. The number of nitrogens with two attached hydrogens (primary N) is 2. The lowest BCUT2D eigenvalue weighted by Crippen LogP contribution is -2.16. The van der Waals surface area contributed by atoms with Gasteiger partial charge in [0.25, 0.3) is 30.4 Å². The number of nitrogen functional groups attached to an aromatic ring is 2. The van der Waals surface area contributed by atoms with Crippen LogP contribution >= 0.6 is 0 Å². The number of benzene rings is 4. The van der Waals surface area contributed by atoms with Gasteiger partial charge in [0.15, 0.2) is 19.7 Å². The number of anilines is 2. The molecule has 360 valence electrons. The van der Waals surface area contributed by atoms with Crippen LogP contribution in [0.15, 0.2) is 116 Å². The molecule has 0 fully saturated rings. The molecule has 4 aromatic carbocycles. The smallest absolute Gasteiger partial charge is 0.397 e. The van der Waals surface area contributed by atoms with Crippen molar-refractivity contribution < 1.29 is 94.8 Å². The molecule has 4 rings (SSSR count). The second kappa shape index (κ2) is 19.7. The SMILES string of the molecule is COc1ccc(S(=O)(=O)O)cc1/N=N/c1cc(/N=N/c2ccc(S(=O)(=O)CCOS(=O)(=O)O)cc2S(=O)(=O)O)c(N)c(/N=N/c2ccc(S(=O)(=O)CCOS(=O)(=O)O)cc2S(=O)(=O)O)c1N. The molecular formula is C29H30N8O22S7. The first kappa shape index (κ1) is 53.1. The van der Waals surface area contributed by atoms with Crippen molar-refractivity contribution in [1.82, 2.24) is 0 Å². The van der Waals surface area contributed by atoms with Crippen molar-refractivity contribution in [3.8, 4) is 5.75 Å². The maximum Gasteiger partial charge on any atom is 0.397 e. The van der Waals surface area contributed by atoms with Gasteiger partial charge >= 0.3 is 20.8 Å². The van der Waals surface area contributed by atoms with Gasteiger partial charge in [0.2, 0.25) is 0 Å². The summed E-state index contributed by atoms with van der Waals surface area (Å²) in [6.45, 7) is -2.23. The Kier molecular flexibility index (Phi) is 15.9. The molecule has 37 heteroatoms. The van der Waals surface area contributed by atoms with Crippen LogP contribution < -0.4 is 16.2 Å². The van der Waals surface area contributed by atoms with Gasteiger partial charge in [-0.1, -0.05) is 0 Å². The fraction of sp³-hybridized carbons (Fsp3) is 0.172. The molecule has 0 bridgehead atoms. The molecule has 30 nitrogen and oxygen atoms in total. The summed E-state index contributed by atoms with van der Waals surface area (Å²) < 4.78 is 228. The molecule has 66 heavy (non-hydrogen) atoms. The second-order valence-electron chi connectivity index (χ2n) is 12.3. The molecule has 4 aromatic rings. The van der Waals surface area contributed by atoms with E-state index < -0.39 is 160 Å². The molecule has 0 saturated carbocycles. The van der Waals surface area contributed by atoms with E-state index in [1.807, 2.05) is 0 Å². The van der Waals surface area contributed by atoms with E-state index in [0.29, 0.717) is 24.3 Å². The van der Waals surface area contributed by atoms with Gasteiger partial charge in [-0.05, 0) is 60.7 Å². The summed E-state index contributed by atoms with van der Waals surface area (Å²) in [5.74, 6) is -2.37. The van der Waals surface area contributed by atoms with Crippen molar-refractivity contribution >= 4 is 116 Å². The summed E-state index contributed by atoms with van der Waals surface area (Å²) in [5.41, 5.74) is 7.54. The molecule has 0 radical (unpaired) electrons. The number of ether oxygens (including phenoxy) is 1. The van der Waals surface area contributed by atoms with Crippen molar-refractivity contribution in [2.45, 2.75) is 24.5 Å². The monoisotopic (exact) mass is 1070 g/mol. The normalized spacial score (nSPS) is 13.5. The van der Waals surface area contributed by atoms with Crippen LogP contribution in [0.5, 0.6) is 5.75 Å². The van der Waals surface area contributed by atoms with Gasteiger partial charge in [-0.25, -0.2) is 25.2 Å². The molecule has 0 amide bonds. The summed E-state index contributed by atoms with van der Waals surface area (Å²) in [6.07, 6.45) is 0. The number of hydrogen-bond donors (Lipinski definition) is 7. The maximum atomic E-state index is 12.8. The van der Waals surface area contributed by atoms with E-state index in [1.54, 1.807) is 0 Å². The van der Waals surface area contributed by atoms with E-state index in [2.05, 4.69) is 39.1 Å². The van der Waals surface area contributed by atoms with Crippen LogP contribution in [-0.4, -0.2) is 114 Å². The molecule has 0 aliphatic heterocycles. The van der Waals surface area contributed by atoms with Gasteiger partial charge in [0.1, 0.15) is 49.7 Å². The molecular weight excluding hydrogens is 1040 g/mol. The number of azo groups is 3. The number of hydrogen-bond acceptors (Lipinski definition) is 25. The minimum atomic E-state index is -5.37. The van der Waals surface area contributed by atoms with E-state index in [1.165, 1.54) is 0 Å². The first-order chi connectivity index (χ1) is 30.1. The summed E-state index contributed by atoms with van der Waals surface area (Å²) in [4.78, 5) is -4.73. The molecule has 0 heterocycles. The quantitative estimate of drug-likeness (QED) is 0.0380. The van der Waals surface area contributed by atoms with Crippen LogP contribution in [0.4, 0.5) is 45.5 Å². The molecule has 9 N–H and O–H groups in total. The third-order valence-electron chi connectivity index (χ3n) is 7.88. The zero-order valence-electron chi connectivity index (χ0n) is 32.5. The van der Waals surface area contributed by atoms with E-state index in [0.717, 1.165) is 43.5 Å². The minimum Gasteiger partial charge on any atom is -0.494 e. The summed E-state index contributed by atoms with van der Waals surface area (Å²) in [5, 5.41) is 22.8. The zero-order valence-corrected chi connectivity index (χ0v) is 38.2. The van der Waals surface area contributed by atoms with Crippen molar-refractivity contribution in [2.24, 2.45) is 30.7 Å². The Hall–Kier alpha value is -5.55. The average molecular weight is 1070 g/mol. The Morgan fingerprint density at radius 1 is 0.455 bits per heavy atom. The fourth-order valence-electron chi connectivity index (χ4n) is 4.86. The van der Waals surface area contributed by atoms with Crippen LogP contribution in [0.25, 0.3) is 0 Å². The molecule has 0 spiro atoms. The average Bonchev–Trinajstić information content (AvgIpc) is 3.17. The Morgan fingerprint density at radius 2 is 0.833 bits per heavy atom. The third-order valence-corrected chi connectivity index (χ3v) is 14.8. The highest BCUT2D eigenvalue weighted by molar-refractivity contribution is 7.92. The van der Waals surface area contributed by atoms with Gasteiger partial charge in [-0.2, -0.15) is 42.1 Å². The van der Waals surface area contributed by atoms with Crippen LogP contribution in [0.2, 0.25) is 0 Å². The lowest BCUT2D eigenvalue weighted by Gasteiger charge is -2.11. The van der Waals surface area contributed by atoms with Crippen molar-refractivity contribution in [3.05, 3.63) is 60.7 Å². The number of methoxy groups -OCH3 is 1. The standard InChI is InChI=1S/C29H30N8O22S7/c1-57-24-7-4-18(62(42,43)44)12-21(24)34-36-23-15-22(35-32-19-5-2-16(13-25(19)63(45,46)47)60(38,39)10-8-58-65(51,52)53)27(30)29(28(23)31)37-33-20-6-3-17(14-26(20)64(48,49)50)61(40,41)11-9-59-66(54,55)56/h2-7,12-15H,8-11,30-31H2,1H3,(H,42,43,44)(H,45,46,47)(H,48,49,50)(H,51,52,53)(H,54,55,56)/b35-32+,36-34+,37-33+. The van der Waals surface area contributed by atoms with Gasteiger partial charge < -0.3 is 16.2 Å². The highest BCUT2D eigenvalue weighted by Crippen LogP contribution is 2.46. The van der Waals surface area contributed by atoms with Gasteiger partial charge in [0, 0.05) is 0 Å². The van der Waals surface area contributed by atoms with Gasteiger partial charge in [-0.15, -0.1) is 30.7 Å². The Morgan fingerprint density at radius 3 is 1.21 bits per heavy atom. The van der Waals surface area contributed by atoms with E-state index in [9.17, 15) is 72.6 Å². The van der Waals surface area contributed by atoms with E-state index in [-0.39, 0.29) is 11.4 Å². The fourth-order valence-corrected chi connectivity index (χ4v) is 9.83. The first-order valence-electron chi connectivity index (χ1n) is 16.7. The minimum absolute atomic E-state index is 0.122. The number of rotatable bonds is 20. The van der Waals surface area contributed by atoms with Crippen molar-refractivity contribution in [1.29, 1.82) is 0 Å². The lowest BCUT2D eigenvalue weighted by atomic mass is 10.2. The van der Waals surface area contributed by atoms with Crippen LogP contribution in [0.1, 0.15) is 0 Å². The number of nitrogens with zero attached hydrogens (tertiary/aromatic N) is 6. The largest absolute Gasteiger partial charge is 0.494 e. The summed E-state index contributed by atoms with van der Waals surface area (Å²) in [6, 6.07) is 7.46. The molecule has 0 saturated heterocycles. The zero-order chi connectivity index (χ0) is 49.8. The maximum absolute atomic E-state index is 12.8.